The Bertz CT molecular complexity index is 1100. The van der Waals surface area contributed by atoms with Crippen LogP contribution < -0.4 is 15.4 Å². The second kappa shape index (κ2) is 14.7. The summed E-state index contributed by atoms with van der Waals surface area (Å²) < 4.78 is 27.0. The highest BCUT2D eigenvalue weighted by Gasteiger charge is 2.27. The topological polar surface area (TPSA) is 134 Å². The number of hydrogen-bond acceptors (Lipinski definition) is 11. The fraction of sp³-hybridized carbons (Fsp3) is 0.600. The molecule has 2 heterocycles. The third kappa shape index (κ3) is 9.50. The van der Waals surface area contributed by atoms with Crippen molar-refractivity contribution in [1.29, 1.82) is 0 Å². The van der Waals surface area contributed by atoms with Crippen molar-refractivity contribution in [3.05, 3.63) is 22.2 Å². The molecule has 39 heavy (non-hydrogen) atoms. The van der Waals surface area contributed by atoms with E-state index in [0.717, 1.165) is 0 Å². The molecule has 0 saturated carbocycles. The van der Waals surface area contributed by atoms with Crippen LogP contribution in [0.2, 0.25) is 10.0 Å². The van der Waals surface area contributed by atoms with Crippen LogP contribution >= 0.6 is 23.2 Å². The fourth-order valence-electron chi connectivity index (χ4n) is 3.57. The van der Waals surface area contributed by atoms with Crippen LogP contribution in [0.15, 0.2) is 12.1 Å². The summed E-state index contributed by atoms with van der Waals surface area (Å²) in [5.41, 5.74) is 6.45. The molecule has 0 radical (unpaired) electrons. The number of methoxy groups -OCH3 is 1. The summed E-state index contributed by atoms with van der Waals surface area (Å²) in [6.07, 6.45) is -0.344. The van der Waals surface area contributed by atoms with E-state index in [-0.39, 0.29) is 27.7 Å². The number of ether oxygens (including phenoxy) is 5. The highest BCUT2D eigenvalue weighted by molar-refractivity contribution is 6.43. The summed E-state index contributed by atoms with van der Waals surface area (Å²) in [4.78, 5) is 20.3. The maximum absolute atomic E-state index is 12.3. The zero-order valence-electron chi connectivity index (χ0n) is 22.7. The molecule has 1 aromatic heterocycles. The number of benzene rings is 1. The lowest BCUT2D eigenvalue weighted by molar-refractivity contribution is 0.0180. The first-order valence-electron chi connectivity index (χ1n) is 12.6. The molecule has 2 N–H and O–H groups in total. The number of anilines is 2. The molecule has 0 atom stereocenters. The Balaban J connectivity index is 1.58. The first kappa shape index (κ1) is 30.9. The number of halogens is 2. The summed E-state index contributed by atoms with van der Waals surface area (Å²) in [7, 11) is 1.62. The number of nitrogens with two attached hydrogens (primary N) is 1. The molecule has 1 fully saturated rings. The molecular weight excluding hydrogens is 551 g/mol. The van der Waals surface area contributed by atoms with Crippen LogP contribution in [0.5, 0.6) is 5.75 Å². The van der Waals surface area contributed by atoms with E-state index in [2.05, 4.69) is 15.2 Å². The molecule has 1 aromatic carbocycles. The smallest absolute Gasteiger partial charge is 0.410 e. The minimum absolute atomic E-state index is 0.140. The predicted molar refractivity (Wildman–Crippen MR) is 149 cm³/mol. The molecule has 0 unspecified atom stereocenters. The Hall–Kier alpha value is -2.64. The number of rotatable bonds is 12. The predicted octanol–water partition coefficient (Wildman–Crippen LogP) is 3.54. The first-order valence-corrected chi connectivity index (χ1v) is 13.3. The lowest BCUT2D eigenvalue weighted by Crippen LogP contribution is -2.50. The number of aromatic nitrogens is 3. The van der Waals surface area contributed by atoms with Crippen molar-refractivity contribution >= 4 is 41.1 Å². The molecule has 14 heteroatoms. The second-order valence-electron chi connectivity index (χ2n) is 9.63. The number of piperazine rings is 1. The van der Waals surface area contributed by atoms with Gasteiger partial charge in [0.1, 0.15) is 23.7 Å². The first-order chi connectivity index (χ1) is 18.6. The number of amides is 1. The SMILES string of the molecule is COCCOCCOCCOc1cc(Cl)c(Cl)c(-c2nnc(N3CCN(C(=O)OC(C)(C)C)CC3)nc2N)c1. The van der Waals surface area contributed by atoms with Gasteiger partial charge in [0.05, 0.1) is 43.1 Å². The van der Waals surface area contributed by atoms with E-state index in [1.165, 1.54) is 0 Å². The number of hydrogen-bond donors (Lipinski definition) is 1. The summed E-state index contributed by atoms with van der Waals surface area (Å²) in [5.74, 6) is 0.974. The third-order valence-electron chi connectivity index (χ3n) is 5.47. The van der Waals surface area contributed by atoms with Gasteiger partial charge in [-0.05, 0) is 26.8 Å². The Labute approximate surface area is 238 Å². The van der Waals surface area contributed by atoms with Gasteiger partial charge in [-0.2, -0.15) is 4.98 Å². The standard InChI is InChI=1S/C25H36Cl2N6O6/c1-25(2,3)39-24(34)33-7-5-32(6-8-33)23-29-22(28)21(30-31-23)18-15-17(16-19(26)20(18)27)38-14-13-37-12-11-36-10-9-35-4/h15-16H,5-14H2,1-4H3,(H2,28,29,31). The van der Waals surface area contributed by atoms with Crippen LogP contribution in [0.25, 0.3) is 11.3 Å². The minimum Gasteiger partial charge on any atom is -0.491 e. The van der Waals surface area contributed by atoms with E-state index in [1.807, 2.05) is 25.7 Å². The van der Waals surface area contributed by atoms with Crippen molar-refractivity contribution in [1.82, 2.24) is 20.1 Å². The summed E-state index contributed by atoms with van der Waals surface area (Å²) >= 11 is 12.8. The van der Waals surface area contributed by atoms with E-state index in [9.17, 15) is 4.79 Å². The van der Waals surface area contributed by atoms with Crippen LogP contribution in [0, 0.1) is 0 Å². The van der Waals surface area contributed by atoms with E-state index in [1.54, 1.807) is 24.1 Å². The fourth-order valence-corrected chi connectivity index (χ4v) is 3.98. The number of carbonyl (C=O) groups excluding carboxylic acids is 1. The van der Waals surface area contributed by atoms with Crippen LogP contribution in [0.3, 0.4) is 0 Å². The highest BCUT2D eigenvalue weighted by Crippen LogP contribution is 2.38. The summed E-state index contributed by atoms with van der Waals surface area (Å²) in [6, 6.07) is 3.29. The molecule has 0 bridgehead atoms. The van der Waals surface area contributed by atoms with Crippen molar-refractivity contribution in [2.24, 2.45) is 0 Å². The molecule has 3 rings (SSSR count). The maximum atomic E-state index is 12.3. The number of nitrogen functional groups attached to an aromatic ring is 1. The van der Waals surface area contributed by atoms with Crippen molar-refractivity contribution < 1.29 is 28.5 Å². The molecule has 216 valence electrons. The van der Waals surface area contributed by atoms with Gasteiger partial charge in [-0.25, -0.2) is 4.79 Å². The zero-order chi connectivity index (χ0) is 28.4. The van der Waals surface area contributed by atoms with Crippen LogP contribution in [-0.2, 0) is 18.9 Å². The molecule has 2 aromatic rings. The van der Waals surface area contributed by atoms with Crippen molar-refractivity contribution in [2.45, 2.75) is 26.4 Å². The Kier molecular flexibility index (Phi) is 11.6. The van der Waals surface area contributed by atoms with Gasteiger partial charge >= 0.3 is 6.09 Å². The van der Waals surface area contributed by atoms with Gasteiger partial charge in [-0.1, -0.05) is 23.2 Å². The van der Waals surface area contributed by atoms with Gasteiger partial charge in [0.25, 0.3) is 0 Å². The normalized spacial score (nSPS) is 14.0. The highest BCUT2D eigenvalue weighted by atomic mass is 35.5. The van der Waals surface area contributed by atoms with Gasteiger partial charge in [0.15, 0.2) is 5.82 Å². The summed E-state index contributed by atoms with van der Waals surface area (Å²) in [6.45, 7) is 10.1. The quantitative estimate of drug-likeness (QED) is 0.366. The van der Waals surface area contributed by atoms with Gasteiger partial charge < -0.3 is 39.2 Å². The van der Waals surface area contributed by atoms with Gasteiger partial charge in [0.2, 0.25) is 5.95 Å². The number of carbonyl (C=O) groups is 1. The van der Waals surface area contributed by atoms with Gasteiger partial charge in [-0.3, -0.25) is 0 Å². The van der Waals surface area contributed by atoms with Crippen LogP contribution in [-0.4, -0.2) is 105 Å². The van der Waals surface area contributed by atoms with Crippen molar-refractivity contribution in [2.75, 3.05) is 83.6 Å². The van der Waals surface area contributed by atoms with Gasteiger partial charge in [-0.15, -0.1) is 10.2 Å². The molecule has 12 nitrogen and oxygen atoms in total. The van der Waals surface area contributed by atoms with Crippen molar-refractivity contribution in [3.8, 4) is 17.0 Å². The number of nitrogens with zero attached hydrogens (tertiary/aromatic N) is 5. The average Bonchev–Trinajstić information content (AvgIpc) is 2.89. The van der Waals surface area contributed by atoms with Crippen LogP contribution in [0.1, 0.15) is 20.8 Å². The second-order valence-corrected chi connectivity index (χ2v) is 10.4. The Morgan fingerprint density at radius 3 is 2.23 bits per heavy atom. The van der Waals surface area contributed by atoms with Crippen LogP contribution in [0.4, 0.5) is 16.6 Å². The Morgan fingerprint density at radius 2 is 1.62 bits per heavy atom. The monoisotopic (exact) mass is 586 g/mol. The molecule has 1 aliphatic heterocycles. The molecule has 1 amide bonds. The van der Waals surface area contributed by atoms with E-state index < -0.39 is 5.60 Å². The Morgan fingerprint density at radius 1 is 0.974 bits per heavy atom. The minimum atomic E-state index is -0.550. The summed E-state index contributed by atoms with van der Waals surface area (Å²) in [5, 5.41) is 9.09. The lowest BCUT2D eigenvalue weighted by Gasteiger charge is -2.35. The van der Waals surface area contributed by atoms with Crippen molar-refractivity contribution in [3.63, 3.8) is 0 Å². The lowest BCUT2D eigenvalue weighted by atomic mass is 10.1. The maximum Gasteiger partial charge on any atom is 0.410 e. The largest absolute Gasteiger partial charge is 0.491 e. The molecule has 1 saturated heterocycles. The zero-order valence-corrected chi connectivity index (χ0v) is 24.3. The van der Waals surface area contributed by atoms with E-state index >= 15 is 0 Å². The third-order valence-corrected chi connectivity index (χ3v) is 6.28. The van der Waals surface area contributed by atoms with E-state index in [4.69, 9.17) is 52.6 Å². The average molecular weight is 588 g/mol. The molecule has 0 aliphatic carbocycles. The molecular formula is C25H36Cl2N6O6. The molecule has 1 aliphatic rings. The van der Waals surface area contributed by atoms with E-state index in [0.29, 0.717) is 83.1 Å². The van der Waals surface area contributed by atoms with Gasteiger partial charge in [0, 0.05) is 44.9 Å². The molecule has 0 spiro atoms.